The molecule has 0 atom stereocenters. The van der Waals surface area contributed by atoms with E-state index in [-0.39, 0.29) is 0 Å². The highest BCUT2D eigenvalue weighted by Gasteiger charge is 1.62. The van der Waals surface area contributed by atoms with Gasteiger partial charge in [0.2, 0.25) is 0 Å². The third kappa shape index (κ3) is 6.14. The normalized spacial score (nSPS) is 11.8. The fourth-order valence-electron chi connectivity index (χ4n) is 0.279. The van der Waals surface area contributed by atoms with Gasteiger partial charge in [-0.1, -0.05) is 28.7 Å². The molecule has 0 radical (unpaired) electrons. The summed E-state index contributed by atoms with van der Waals surface area (Å²) in [6.07, 6.45) is 5.87. The summed E-state index contributed by atoms with van der Waals surface area (Å²) in [5.74, 6) is 0. The van der Waals surface area contributed by atoms with E-state index in [1.807, 2.05) is 19.2 Å². The predicted octanol–water partition coefficient (Wildman–Crippen LogP) is 2.07. The number of halogens is 1. The Hall–Kier alpha value is 0.140. The third-order valence-electron chi connectivity index (χ3n) is 0.599. The second-order valence-corrected chi connectivity index (χ2v) is 2.11. The molecule has 0 N–H and O–H groups in total. The van der Waals surface area contributed by atoms with E-state index in [9.17, 15) is 0 Å². The zero-order valence-corrected chi connectivity index (χ0v) is 7.13. The standard InChI is InChI=1S/C6H10IN/c1-2-8-6-4-3-5-7/h3-4,6H,2,5H2,1H3/b4-3-,8-6?. The molecule has 0 spiro atoms. The van der Waals surface area contributed by atoms with Crippen LogP contribution >= 0.6 is 22.6 Å². The minimum absolute atomic E-state index is 0.881. The van der Waals surface area contributed by atoms with E-state index in [1.54, 1.807) is 0 Å². The third-order valence-corrected chi connectivity index (χ3v) is 1.11. The van der Waals surface area contributed by atoms with Gasteiger partial charge in [-0.3, -0.25) is 4.99 Å². The summed E-state index contributed by atoms with van der Waals surface area (Å²) in [7, 11) is 0. The Balaban J connectivity index is 3.13. The van der Waals surface area contributed by atoms with E-state index < -0.39 is 0 Å². The zero-order chi connectivity index (χ0) is 6.24. The zero-order valence-electron chi connectivity index (χ0n) is 4.97. The molecule has 0 saturated heterocycles. The average Bonchev–Trinajstić information content (AvgIpc) is 1.81. The first-order valence-electron chi connectivity index (χ1n) is 2.62. The molecule has 0 aromatic heterocycles. The Bertz CT molecular complexity index is 74.5. The monoisotopic (exact) mass is 223 g/mol. The number of hydrogen-bond donors (Lipinski definition) is 0. The van der Waals surface area contributed by atoms with Crippen molar-refractivity contribution in [3.63, 3.8) is 0 Å². The van der Waals surface area contributed by atoms with Crippen molar-refractivity contribution in [2.45, 2.75) is 6.92 Å². The molecule has 0 rings (SSSR count). The van der Waals surface area contributed by atoms with Gasteiger partial charge in [-0.2, -0.15) is 0 Å². The molecule has 0 aliphatic heterocycles. The van der Waals surface area contributed by atoms with Crippen LogP contribution in [0.1, 0.15) is 6.92 Å². The molecule has 0 aliphatic carbocycles. The van der Waals surface area contributed by atoms with Gasteiger partial charge in [0.1, 0.15) is 0 Å². The Kier molecular flexibility index (Phi) is 7.26. The smallest absolute Gasteiger partial charge is 0.0360 e. The maximum atomic E-state index is 3.99. The fraction of sp³-hybridized carbons (Fsp3) is 0.500. The van der Waals surface area contributed by atoms with Crippen LogP contribution in [0.15, 0.2) is 17.1 Å². The highest BCUT2D eigenvalue weighted by atomic mass is 127. The molecule has 2 heteroatoms. The maximum absolute atomic E-state index is 3.99. The molecule has 0 fully saturated rings. The number of alkyl halides is 1. The number of hydrogen-bond acceptors (Lipinski definition) is 1. The molecule has 0 amide bonds. The quantitative estimate of drug-likeness (QED) is 0.394. The van der Waals surface area contributed by atoms with Crippen molar-refractivity contribution in [3.8, 4) is 0 Å². The lowest BCUT2D eigenvalue weighted by atomic mass is 10.6. The first-order valence-corrected chi connectivity index (χ1v) is 4.15. The van der Waals surface area contributed by atoms with Crippen LogP contribution in [0.25, 0.3) is 0 Å². The van der Waals surface area contributed by atoms with Gasteiger partial charge in [-0.25, -0.2) is 0 Å². The van der Waals surface area contributed by atoms with Crippen LogP contribution in [0, 0.1) is 0 Å². The molecule has 0 aliphatic rings. The molecule has 0 unspecified atom stereocenters. The van der Waals surface area contributed by atoms with E-state index in [2.05, 4.69) is 33.7 Å². The Morgan fingerprint density at radius 1 is 1.62 bits per heavy atom. The summed E-state index contributed by atoms with van der Waals surface area (Å²) in [4.78, 5) is 3.99. The van der Waals surface area contributed by atoms with Crippen LogP contribution in [0.2, 0.25) is 0 Å². The number of nitrogens with zero attached hydrogens (tertiary/aromatic N) is 1. The van der Waals surface area contributed by atoms with Crippen LogP contribution in [0.5, 0.6) is 0 Å². The van der Waals surface area contributed by atoms with Crippen LogP contribution in [0.3, 0.4) is 0 Å². The minimum atomic E-state index is 0.881. The van der Waals surface area contributed by atoms with Gasteiger partial charge in [-0.15, -0.1) is 0 Å². The minimum Gasteiger partial charge on any atom is -0.293 e. The van der Waals surface area contributed by atoms with Crippen LogP contribution in [-0.4, -0.2) is 17.2 Å². The molecular formula is C6H10IN. The second kappa shape index (κ2) is 7.14. The first-order chi connectivity index (χ1) is 3.91. The summed E-state index contributed by atoms with van der Waals surface area (Å²) in [5.41, 5.74) is 0. The predicted molar refractivity (Wildman–Crippen MR) is 47.1 cm³/mol. The summed E-state index contributed by atoms with van der Waals surface area (Å²) in [5, 5.41) is 0. The lowest BCUT2D eigenvalue weighted by molar-refractivity contribution is 1.14. The fourth-order valence-corrected chi connectivity index (χ4v) is 0.572. The molecule has 1 nitrogen and oxygen atoms in total. The van der Waals surface area contributed by atoms with E-state index in [1.165, 1.54) is 0 Å². The van der Waals surface area contributed by atoms with Gasteiger partial charge in [0.25, 0.3) is 0 Å². The molecule has 8 heavy (non-hydrogen) atoms. The number of aliphatic imine (C=N–C) groups is 1. The molecule has 0 aromatic carbocycles. The molecule has 0 heterocycles. The SMILES string of the molecule is CCN=C/C=C\CI. The second-order valence-electron chi connectivity index (χ2n) is 1.23. The van der Waals surface area contributed by atoms with Gasteiger partial charge in [-0.05, 0) is 13.0 Å². The number of rotatable bonds is 3. The van der Waals surface area contributed by atoms with Crippen molar-refractivity contribution in [2.75, 3.05) is 11.0 Å². The van der Waals surface area contributed by atoms with Crippen molar-refractivity contribution in [1.82, 2.24) is 0 Å². The van der Waals surface area contributed by atoms with Crippen molar-refractivity contribution in [3.05, 3.63) is 12.2 Å². The van der Waals surface area contributed by atoms with Crippen molar-refractivity contribution in [2.24, 2.45) is 4.99 Å². The summed E-state index contributed by atoms with van der Waals surface area (Å²) in [6.45, 7) is 2.90. The number of allylic oxidation sites excluding steroid dienone is 2. The van der Waals surface area contributed by atoms with Crippen LogP contribution in [-0.2, 0) is 0 Å². The average molecular weight is 223 g/mol. The van der Waals surface area contributed by atoms with Crippen molar-refractivity contribution in [1.29, 1.82) is 0 Å². The highest BCUT2D eigenvalue weighted by Crippen LogP contribution is 1.79. The van der Waals surface area contributed by atoms with Gasteiger partial charge >= 0.3 is 0 Å². The first kappa shape index (κ1) is 8.14. The molecular weight excluding hydrogens is 213 g/mol. The summed E-state index contributed by atoms with van der Waals surface area (Å²) in [6, 6.07) is 0. The molecule has 46 valence electrons. The van der Waals surface area contributed by atoms with Crippen LogP contribution in [0.4, 0.5) is 0 Å². The van der Waals surface area contributed by atoms with Gasteiger partial charge in [0.15, 0.2) is 0 Å². The van der Waals surface area contributed by atoms with Gasteiger partial charge in [0, 0.05) is 17.2 Å². The van der Waals surface area contributed by atoms with Crippen molar-refractivity contribution < 1.29 is 0 Å². The Morgan fingerprint density at radius 3 is 2.88 bits per heavy atom. The highest BCUT2D eigenvalue weighted by molar-refractivity contribution is 14.1. The Morgan fingerprint density at radius 2 is 2.38 bits per heavy atom. The van der Waals surface area contributed by atoms with Crippen molar-refractivity contribution >= 4 is 28.8 Å². The lowest BCUT2D eigenvalue weighted by Gasteiger charge is -1.74. The molecule has 0 bridgehead atoms. The van der Waals surface area contributed by atoms with Gasteiger partial charge in [0.05, 0.1) is 0 Å². The summed E-state index contributed by atoms with van der Waals surface area (Å²) >= 11 is 2.29. The maximum Gasteiger partial charge on any atom is 0.0360 e. The lowest BCUT2D eigenvalue weighted by Crippen LogP contribution is -1.68. The van der Waals surface area contributed by atoms with E-state index in [0.717, 1.165) is 11.0 Å². The van der Waals surface area contributed by atoms with Gasteiger partial charge < -0.3 is 0 Å². The summed E-state index contributed by atoms with van der Waals surface area (Å²) < 4.78 is 1.06. The van der Waals surface area contributed by atoms with Crippen LogP contribution < -0.4 is 0 Å². The topological polar surface area (TPSA) is 12.4 Å². The Labute approximate surface area is 64.0 Å². The largest absolute Gasteiger partial charge is 0.293 e. The van der Waals surface area contributed by atoms with E-state index in [4.69, 9.17) is 0 Å². The van der Waals surface area contributed by atoms with E-state index >= 15 is 0 Å². The molecule has 0 saturated carbocycles. The molecule has 0 aromatic rings. The van der Waals surface area contributed by atoms with E-state index in [0.29, 0.717) is 0 Å².